The summed E-state index contributed by atoms with van der Waals surface area (Å²) in [4.78, 5) is 11.6. The third-order valence-corrected chi connectivity index (χ3v) is 3.67. The molecule has 0 unspecified atom stereocenters. The molecule has 0 aromatic rings. The molecule has 3 rings (SSSR count). The van der Waals surface area contributed by atoms with Crippen LogP contribution >= 0.6 is 0 Å². The fourth-order valence-corrected chi connectivity index (χ4v) is 2.14. The summed E-state index contributed by atoms with van der Waals surface area (Å²) in [5, 5.41) is 6.53. The average molecular weight is 180 g/mol. The zero-order valence-electron chi connectivity index (χ0n) is 7.81. The third kappa shape index (κ3) is 1.26. The maximum atomic E-state index is 11.6. The van der Waals surface area contributed by atoms with Gasteiger partial charge in [0.15, 0.2) is 0 Å². The first-order valence-electron chi connectivity index (χ1n) is 5.33. The SMILES string of the molecule is O=C(NC1(C2CNC2)CC1)C1CC1. The first-order valence-corrected chi connectivity index (χ1v) is 5.33. The van der Waals surface area contributed by atoms with Gasteiger partial charge in [-0.15, -0.1) is 0 Å². The van der Waals surface area contributed by atoms with Crippen molar-refractivity contribution in [3.05, 3.63) is 0 Å². The number of hydrogen-bond donors (Lipinski definition) is 2. The lowest BCUT2D eigenvalue weighted by Crippen LogP contribution is -2.56. The largest absolute Gasteiger partial charge is 0.350 e. The second kappa shape index (κ2) is 2.47. The van der Waals surface area contributed by atoms with Gasteiger partial charge in [0.1, 0.15) is 0 Å². The van der Waals surface area contributed by atoms with E-state index in [1.165, 1.54) is 12.8 Å². The van der Waals surface area contributed by atoms with Crippen molar-refractivity contribution in [1.82, 2.24) is 10.6 Å². The van der Waals surface area contributed by atoms with Crippen LogP contribution in [0.25, 0.3) is 0 Å². The highest BCUT2D eigenvalue weighted by molar-refractivity contribution is 5.82. The van der Waals surface area contributed by atoms with Crippen LogP contribution in [0, 0.1) is 11.8 Å². The van der Waals surface area contributed by atoms with Gasteiger partial charge in [-0.2, -0.15) is 0 Å². The Kier molecular flexibility index (Phi) is 1.48. The Balaban J connectivity index is 1.60. The molecule has 2 aliphatic carbocycles. The molecule has 72 valence electrons. The zero-order chi connectivity index (χ0) is 8.89. The van der Waals surface area contributed by atoms with Gasteiger partial charge in [-0.1, -0.05) is 0 Å². The van der Waals surface area contributed by atoms with Gasteiger partial charge in [-0.25, -0.2) is 0 Å². The summed E-state index contributed by atoms with van der Waals surface area (Å²) >= 11 is 0. The van der Waals surface area contributed by atoms with E-state index in [1.54, 1.807) is 0 Å². The van der Waals surface area contributed by atoms with E-state index in [0.29, 0.717) is 11.8 Å². The van der Waals surface area contributed by atoms with Crippen LogP contribution < -0.4 is 10.6 Å². The van der Waals surface area contributed by atoms with Crippen LogP contribution in [0.1, 0.15) is 25.7 Å². The van der Waals surface area contributed by atoms with Crippen molar-refractivity contribution in [2.24, 2.45) is 11.8 Å². The molecule has 3 heteroatoms. The van der Waals surface area contributed by atoms with E-state index in [-0.39, 0.29) is 5.54 Å². The molecule has 3 fully saturated rings. The predicted octanol–water partition coefficient (Wildman–Crippen LogP) is 0.265. The fourth-order valence-electron chi connectivity index (χ4n) is 2.14. The molecular weight excluding hydrogens is 164 g/mol. The summed E-state index contributed by atoms with van der Waals surface area (Å²) in [6.07, 6.45) is 4.64. The Hall–Kier alpha value is -0.570. The highest BCUT2D eigenvalue weighted by Crippen LogP contribution is 2.45. The van der Waals surface area contributed by atoms with Crippen LogP contribution in [-0.4, -0.2) is 24.5 Å². The first-order chi connectivity index (χ1) is 6.30. The number of carbonyl (C=O) groups is 1. The van der Waals surface area contributed by atoms with Crippen LogP contribution in [-0.2, 0) is 4.79 Å². The van der Waals surface area contributed by atoms with Gasteiger partial charge in [-0.3, -0.25) is 4.79 Å². The molecule has 0 aromatic carbocycles. The molecule has 13 heavy (non-hydrogen) atoms. The van der Waals surface area contributed by atoms with E-state index in [4.69, 9.17) is 0 Å². The van der Waals surface area contributed by atoms with Crippen LogP contribution in [0.5, 0.6) is 0 Å². The number of rotatable bonds is 3. The van der Waals surface area contributed by atoms with Gasteiger partial charge in [0.2, 0.25) is 5.91 Å². The second-order valence-corrected chi connectivity index (χ2v) is 4.77. The minimum absolute atomic E-state index is 0.227. The quantitative estimate of drug-likeness (QED) is 0.654. The standard InChI is InChI=1S/C10H16N2O/c13-9(7-1-2-7)12-10(3-4-10)8-5-11-6-8/h7-8,11H,1-6H2,(H,12,13). The normalized spacial score (nSPS) is 30.8. The minimum Gasteiger partial charge on any atom is -0.350 e. The topological polar surface area (TPSA) is 41.1 Å². The van der Waals surface area contributed by atoms with E-state index < -0.39 is 0 Å². The highest BCUT2D eigenvalue weighted by Gasteiger charge is 2.53. The monoisotopic (exact) mass is 180 g/mol. The van der Waals surface area contributed by atoms with Crippen LogP contribution in [0.3, 0.4) is 0 Å². The number of hydrogen-bond acceptors (Lipinski definition) is 2. The Bertz CT molecular complexity index is 239. The van der Waals surface area contributed by atoms with E-state index >= 15 is 0 Å². The molecule has 0 spiro atoms. The molecule has 0 atom stereocenters. The van der Waals surface area contributed by atoms with Crippen molar-refractivity contribution in [3.8, 4) is 0 Å². The molecule has 0 aromatic heterocycles. The highest BCUT2D eigenvalue weighted by atomic mass is 16.2. The van der Waals surface area contributed by atoms with Crippen molar-refractivity contribution in [2.45, 2.75) is 31.2 Å². The summed E-state index contributed by atoms with van der Waals surface area (Å²) < 4.78 is 0. The predicted molar refractivity (Wildman–Crippen MR) is 49.2 cm³/mol. The molecule has 3 nitrogen and oxygen atoms in total. The molecule has 2 saturated carbocycles. The third-order valence-electron chi connectivity index (χ3n) is 3.67. The van der Waals surface area contributed by atoms with E-state index in [2.05, 4.69) is 10.6 Å². The summed E-state index contributed by atoms with van der Waals surface area (Å²) in [6.45, 7) is 2.20. The number of nitrogens with one attached hydrogen (secondary N) is 2. The smallest absolute Gasteiger partial charge is 0.223 e. The van der Waals surface area contributed by atoms with Crippen LogP contribution in [0.15, 0.2) is 0 Å². The van der Waals surface area contributed by atoms with Crippen molar-refractivity contribution in [3.63, 3.8) is 0 Å². The van der Waals surface area contributed by atoms with Crippen LogP contribution in [0.4, 0.5) is 0 Å². The molecule has 0 bridgehead atoms. The molecule has 1 amide bonds. The van der Waals surface area contributed by atoms with Crippen molar-refractivity contribution in [2.75, 3.05) is 13.1 Å². The van der Waals surface area contributed by atoms with Gasteiger partial charge in [0, 0.05) is 30.5 Å². The van der Waals surface area contributed by atoms with Crippen molar-refractivity contribution in [1.29, 1.82) is 0 Å². The average Bonchev–Trinajstić information content (AvgIpc) is 2.72. The molecule has 0 radical (unpaired) electrons. The maximum absolute atomic E-state index is 11.6. The molecule has 1 aliphatic heterocycles. The Morgan fingerprint density at radius 2 is 2.00 bits per heavy atom. The van der Waals surface area contributed by atoms with Crippen molar-refractivity contribution >= 4 is 5.91 Å². The molecule has 2 N–H and O–H groups in total. The van der Waals surface area contributed by atoms with Gasteiger partial charge in [0.25, 0.3) is 0 Å². The molecular formula is C10H16N2O. The maximum Gasteiger partial charge on any atom is 0.223 e. The van der Waals surface area contributed by atoms with E-state index in [9.17, 15) is 4.79 Å². The summed E-state index contributed by atoms with van der Waals surface area (Å²) in [5.74, 6) is 1.41. The number of amides is 1. The molecule has 3 aliphatic rings. The lowest BCUT2D eigenvalue weighted by atomic mass is 9.91. The summed E-state index contributed by atoms with van der Waals surface area (Å²) in [7, 11) is 0. The van der Waals surface area contributed by atoms with E-state index in [0.717, 1.165) is 31.8 Å². The van der Waals surface area contributed by atoms with Gasteiger partial charge < -0.3 is 10.6 Å². The minimum atomic E-state index is 0.227. The summed E-state index contributed by atoms with van der Waals surface area (Å²) in [6, 6.07) is 0. The fraction of sp³-hybridized carbons (Fsp3) is 0.900. The van der Waals surface area contributed by atoms with Gasteiger partial charge >= 0.3 is 0 Å². The zero-order valence-corrected chi connectivity index (χ0v) is 7.81. The Labute approximate surface area is 78.3 Å². The van der Waals surface area contributed by atoms with Crippen molar-refractivity contribution < 1.29 is 4.79 Å². The molecule has 1 saturated heterocycles. The molecule has 1 heterocycles. The second-order valence-electron chi connectivity index (χ2n) is 4.77. The Morgan fingerprint density at radius 1 is 1.31 bits per heavy atom. The van der Waals surface area contributed by atoms with Crippen LogP contribution in [0.2, 0.25) is 0 Å². The van der Waals surface area contributed by atoms with Gasteiger partial charge in [-0.05, 0) is 25.7 Å². The Morgan fingerprint density at radius 3 is 2.38 bits per heavy atom. The number of carbonyl (C=O) groups excluding carboxylic acids is 1. The first kappa shape index (κ1) is 7.80. The van der Waals surface area contributed by atoms with E-state index in [1.807, 2.05) is 0 Å². The lowest BCUT2D eigenvalue weighted by Gasteiger charge is -2.35. The van der Waals surface area contributed by atoms with Gasteiger partial charge in [0.05, 0.1) is 0 Å². The lowest BCUT2D eigenvalue weighted by molar-refractivity contribution is -0.123. The summed E-state index contributed by atoms with van der Waals surface area (Å²) in [5.41, 5.74) is 0.227.